The zero-order valence-corrected chi connectivity index (χ0v) is 18.0. The number of alkyl halides is 2. The lowest BCUT2D eigenvalue weighted by Crippen LogP contribution is -2.61. The van der Waals surface area contributed by atoms with Crippen molar-refractivity contribution in [1.82, 2.24) is 25.1 Å². The van der Waals surface area contributed by atoms with Gasteiger partial charge in [-0.3, -0.25) is 0 Å². The third-order valence-electron chi connectivity index (χ3n) is 6.97. The molecule has 4 heterocycles. The van der Waals surface area contributed by atoms with Gasteiger partial charge in [-0.05, 0) is 50.1 Å². The Balaban J connectivity index is 1.39. The third-order valence-corrected chi connectivity index (χ3v) is 6.97. The summed E-state index contributed by atoms with van der Waals surface area (Å²) in [5.74, 6) is -0.485. The van der Waals surface area contributed by atoms with Gasteiger partial charge in [0, 0.05) is 41.9 Å². The number of allylic oxidation sites excluding steroid dienone is 1. The Bertz CT molecular complexity index is 1170. The zero-order valence-electron chi connectivity index (χ0n) is 18.0. The summed E-state index contributed by atoms with van der Waals surface area (Å²) in [6.45, 7) is 7.63. The molecule has 0 radical (unpaired) electrons. The van der Waals surface area contributed by atoms with Crippen LogP contribution in [0.3, 0.4) is 0 Å². The molecule has 0 saturated carbocycles. The molecule has 2 saturated heterocycles. The SMILES string of the molecule is C=C(c1ccc(-c2ccc(-n3ccnc3)cc2O)nn1)[C@@H]1C[C@]2(C)N[C@@](C)(C[C@@H]2F)[C@H]1F. The van der Waals surface area contributed by atoms with Crippen molar-refractivity contribution < 1.29 is 13.9 Å². The molecule has 32 heavy (non-hydrogen) atoms. The number of nitrogens with zero attached hydrogens (tertiary/aromatic N) is 4. The van der Waals surface area contributed by atoms with Gasteiger partial charge in [-0.1, -0.05) is 6.58 Å². The predicted octanol–water partition coefficient (Wildman–Crippen LogP) is 4.25. The van der Waals surface area contributed by atoms with Crippen LogP contribution in [0.2, 0.25) is 0 Å². The van der Waals surface area contributed by atoms with E-state index < -0.39 is 29.3 Å². The second-order valence-electron chi connectivity index (χ2n) is 9.34. The Morgan fingerprint density at radius 3 is 2.62 bits per heavy atom. The van der Waals surface area contributed by atoms with Crippen molar-refractivity contribution in [2.45, 2.75) is 50.1 Å². The molecule has 2 bridgehead atoms. The highest BCUT2D eigenvalue weighted by Crippen LogP contribution is 2.50. The second kappa shape index (κ2) is 7.20. The van der Waals surface area contributed by atoms with Gasteiger partial charge in [0.2, 0.25) is 0 Å². The van der Waals surface area contributed by atoms with E-state index in [1.807, 2.05) is 6.07 Å². The molecule has 0 aliphatic carbocycles. The molecule has 1 aromatic carbocycles. The molecule has 0 spiro atoms. The maximum atomic E-state index is 15.4. The van der Waals surface area contributed by atoms with Crippen molar-refractivity contribution in [3.05, 3.63) is 61.3 Å². The number of hydrogen-bond donors (Lipinski definition) is 2. The van der Waals surface area contributed by atoms with Crippen molar-refractivity contribution in [2.75, 3.05) is 0 Å². The van der Waals surface area contributed by atoms with Crippen LogP contribution >= 0.6 is 0 Å². The lowest BCUT2D eigenvalue weighted by molar-refractivity contribution is 0.0708. The first-order valence-corrected chi connectivity index (χ1v) is 10.6. The summed E-state index contributed by atoms with van der Waals surface area (Å²) in [5, 5.41) is 22.2. The smallest absolute Gasteiger partial charge is 0.127 e. The summed E-state index contributed by atoms with van der Waals surface area (Å²) in [7, 11) is 0. The highest BCUT2D eigenvalue weighted by atomic mass is 19.1. The van der Waals surface area contributed by atoms with Crippen molar-refractivity contribution in [3.63, 3.8) is 0 Å². The average Bonchev–Trinajstić information content (AvgIpc) is 3.37. The molecule has 0 unspecified atom stereocenters. The minimum atomic E-state index is -1.27. The first kappa shape index (κ1) is 20.8. The summed E-state index contributed by atoms with van der Waals surface area (Å²) in [6.07, 6.45) is 3.16. The molecule has 166 valence electrons. The topological polar surface area (TPSA) is 75.9 Å². The molecule has 5 atom stereocenters. The van der Waals surface area contributed by atoms with Gasteiger partial charge in [-0.15, -0.1) is 5.10 Å². The summed E-state index contributed by atoms with van der Waals surface area (Å²) in [5.41, 5.74) is 1.08. The number of hydrogen-bond acceptors (Lipinski definition) is 5. The number of nitrogens with one attached hydrogen (secondary N) is 1. The molecule has 5 rings (SSSR count). The monoisotopic (exact) mass is 437 g/mol. The number of piperidine rings is 1. The van der Waals surface area contributed by atoms with Crippen molar-refractivity contribution >= 4 is 5.57 Å². The Hall–Kier alpha value is -3.13. The molecular formula is C24H25F2N5O. The number of benzene rings is 1. The Morgan fingerprint density at radius 2 is 1.97 bits per heavy atom. The van der Waals surface area contributed by atoms with Gasteiger partial charge < -0.3 is 15.0 Å². The lowest BCUT2D eigenvalue weighted by Gasteiger charge is -2.44. The van der Waals surface area contributed by atoms with Crippen LogP contribution in [0.25, 0.3) is 22.5 Å². The first-order valence-electron chi connectivity index (χ1n) is 10.6. The first-order chi connectivity index (χ1) is 15.2. The van der Waals surface area contributed by atoms with E-state index in [-0.39, 0.29) is 12.2 Å². The van der Waals surface area contributed by atoms with E-state index in [0.717, 1.165) is 5.69 Å². The van der Waals surface area contributed by atoms with Crippen LogP contribution in [-0.2, 0) is 0 Å². The Morgan fingerprint density at radius 1 is 1.16 bits per heavy atom. The van der Waals surface area contributed by atoms with Gasteiger partial charge in [0.25, 0.3) is 0 Å². The number of fused-ring (bicyclic) bond motifs is 2. The van der Waals surface area contributed by atoms with E-state index in [2.05, 4.69) is 27.1 Å². The normalized spacial score (nSPS) is 31.6. The van der Waals surface area contributed by atoms with Crippen LogP contribution in [0.4, 0.5) is 8.78 Å². The highest BCUT2D eigenvalue weighted by molar-refractivity contribution is 5.70. The standard InChI is InChI=1S/C24H25F2N5O/c1-14(17-11-23(2)21(25)12-24(3,30-23)22(17)26)18-6-7-19(29-28-18)16-5-4-15(10-20(16)32)31-9-8-27-13-31/h4-10,13,17,21-22,30,32H,1,11-12H2,2-3H3/t17-,21-,22-,23-,24-/m0/s1. The van der Waals surface area contributed by atoms with Gasteiger partial charge in [0.05, 0.1) is 28.9 Å². The van der Waals surface area contributed by atoms with E-state index in [0.29, 0.717) is 28.9 Å². The number of aromatic nitrogens is 4. The summed E-state index contributed by atoms with van der Waals surface area (Å²) in [4.78, 5) is 4.00. The van der Waals surface area contributed by atoms with Crippen molar-refractivity contribution in [3.8, 4) is 22.7 Å². The van der Waals surface area contributed by atoms with E-state index >= 15 is 4.39 Å². The van der Waals surface area contributed by atoms with Gasteiger partial charge >= 0.3 is 0 Å². The molecule has 3 aromatic rings. The van der Waals surface area contributed by atoms with E-state index in [9.17, 15) is 9.50 Å². The number of rotatable bonds is 4. The number of phenols is 1. The van der Waals surface area contributed by atoms with Gasteiger partial charge in [0.1, 0.15) is 18.1 Å². The lowest BCUT2D eigenvalue weighted by atomic mass is 9.74. The van der Waals surface area contributed by atoms with Crippen LogP contribution in [-0.4, -0.2) is 48.3 Å². The minimum absolute atomic E-state index is 0.0608. The fourth-order valence-electron chi connectivity index (χ4n) is 5.19. The van der Waals surface area contributed by atoms with Crippen molar-refractivity contribution in [2.24, 2.45) is 5.92 Å². The molecule has 8 heteroatoms. The Labute approximate surface area is 185 Å². The maximum Gasteiger partial charge on any atom is 0.127 e. The summed E-state index contributed by atoms with van der Waals surface area (Å²) in [6, 6.07) is 8.68. The van der Waals surface area contributed by atoms with E-state index in [4.69, 9.17) is 0 Å². The van der Waals surface area contributed by atoms with Gasteiger partial charge in [-0.2, -0.15) is 5.10 Å². The second-order valence-corrected chi connectivity index (χ2v) is 9.34. The van der Waals surface area contributed by atoms with E-state index in [1.54, 1.807) is 61.4 Å². The minimum Gasteiger partial charge on any atom is -0.507 e. The zero-order chi connectivity index (χ0) is 22.7. The molecule has 0 amide bonds. The van der Waals surface area contributed by atoms with Crippen LogP contribution in [0, 0.1) is 5.92 Å². The van der Waals surface area contributed by atoms with E-state index in [1.165, 1.54) is 0 Å². The van der Waals surface area contributed by atoms with Crippen LogP contribution in [0.1, 0.15) is 32.4 Å². The highest BCUT2D eigenvalue weighted by Gasteiger charge is 2.60. The fraction of sp³-hybridized carbons (Fsp3) is 0.375. The predicted molar refractivity (Wildman–Crippen MR) is 118 cm³/mol. The quantitative estimate of drug-likeness (QED) is 0.638. The van der Waals surface area contributed by atoms with Crippen LogP contribution in [0.15, 0.2) is 55.6 Å². The molecular weight excluding hydrogens is 412 g/mol. The molecule has 2 fully saturated rings. The molecule has 2 aromatic heterocycles. The number of imidazole rings is 1. The average molecular weight is 437 g/mol. The maximum absolute atomic E-state index is 15.4. The van der Waals surface area contributed by atoms with Crippen LogP contribution < -0.4 is 5.32 Å². The number of aromatic hydroxyl groups is 1. The third kappa shape index (κ3) is 3.21. The largest absolute Gasteiger partial charge is 0.507 e. The Kier molecular flexibility index (Phi) is 4.67. The molecule has 2 aliphatic heterocycles. The van der Waals surface area contributed by atoms with Gasteiger partial charge in [-0.25, -0.2) is 13.8 Å². The number of phenolic OH excluding ortho intramolecular Hbond substituents is 1. The van der Waals surface area contributed by atoms with Crippen LogP contribution in [0.5, 0.6) is 5.75 Å². The molecule has 2 N–H and O–H groups in total. The van der Waals surface area contributed by atoms with Gasteiger partial charge in [0.15, 0.2) is 0 Å². The fourth-order valence-corrected chi connectivity index (χ4v) is 5.19. The number of halogens is 2. The summed E-state index contributed by atoms with van der Waals surface area (Å²) >= 11 is 0. The van der Waals surface area contributed by atoms with Crippen molar-refractivity contribution in [1.29, 1.82) is 0 Å². The molecule has 6 nitrogen and oxygen atoms in total. The summed E-state index contributed by atoms with van der Waals surface area (Å²) < 4.78 is 31.8. The molecule has 2 aliphatic rings.